The van der Waals surface area contributed by atoms with E-state index in [1.165, 1.54) is 5.56 Å². The van der Waals surface area contributed by atoms with Crippen molar-refractivity contribution in [2.24, 2.45) is 0 Å². The van der Waals surface area contributed by atoms with Crippen LogP contribution in [-0.2, 0) is 14.9 Å². The Kier molecular flexibility index (Phi) is 4.55. The first-order chi connectivity index (χ1) is 12.7. The van der Waals surface area contributed by atoms with Gasteiger partial charge in [-0.25, -0.2) is 0 Å². The van der Waals surface area contributed by atoms with Crippen LogP contribution in [-0.4, -0.2) is 32.8 Å². The summed E-state index contributed by atoms with van der Waals surface area (Å²) in [5.74, 6) is 1.34. The number of benzene rings is 2. The summed E-state index contributed by atoms with van der Waals surface area (Å²) in [5.41, 5.74) is 2.41. The SMILES string of the molecule is COc1ccc(C2CNC(=O)CO2)cc1OCC1(c2ccccc2)CC1. The van der Waals surface area contributed by atoms with Gasteiger partial charge in [0.2, 0.25) is 5.91 Å². The van der Waals surface area contributed by atoms with Crippen LogP contribution in [0.15, 0.2) is 48.5 Å². The molecule has 4 rings (SSSR count). The molecular formula is C21H23NO4. The van der Waals surface area contributed by atoms with Crippen LogP contribution < -0.4 is 14.8 Å². The summed E-state index contributed by atoms with van der Waals surface area (Å²) in [6.07, 6.45) is 2.11. The van der Waals surface area contributed by atoms with Crippen LogP contribution >= 0.6 is 0 Å². The number of ether oxygens (including phenoxy) is 3. The maximum Gasteiger partial charge on any atom is 0.246 e. The summed E-state index contributed by atoms with van der Waals surface area (Å²) in [7, 11) is 1.64. The molecule has 0 bridgehead atoms. The number of morpholine rings is 1. The second-order valence-electron chi connectivity index (χ2n) is 6.95. The number of amides is 1. The van der Waals surface area contributed by atoms with Crippen molar-refractivity contribution in [2.45, 2.75) is 24.4 Å². The van der Waals surface area contributed by atoms with Gasteiger partial charge in [-0.3, -0.25) is 4.79 Å². The first-order valence-electron chi connectivity index (χ1n) is 8.95. The van der Waals surface area contributed by atoms with E-state index in [1.54, 1.807) is 7.11 Å². The normalized spacial score (nSPS) is 21.0. The monoisotopic (exact) mass is 353 g/mol. The summed E-state index contributed by atoms with van der Waals surface area (Å²) in [6, 6.07) is 16.3. The predicted molar refractivity (Wildman–Crippen MR) is 97.5 cm³/mol. The molecule has 2 aromatic carbocycles. The molecule has 1 heterocycles. The highest BCUT2D eigenvalue weighted by Crippen LogP contribution is 2.48. The molecule has 1 atom stereocenters. The Hall–Kier alpha value is -2.53. The molecule has 1 unspecified atom stereocenters. The van der Waals surface area contributed by atoms with Crippen molar-refractivity contribution < 1.29 is 19.0 Å². The van der Waals surface area contributed by atoms with E-state index in [1.807, 2.05) is 24.3 Å². The van der Waals surface area contributed by atoms with Crippen molar-refractivity contribution >= 4 is 5.91 Å². The topological polar surface area (TPSA) is 56.8 Å². The van der Waals surface area contributed by atoms with Gasteiger partial charge in [-0.2, -0.15) is 0 Å². The van der Waals surface area contributed by atoms with Crippen LogP contribution in [0.2, 0.25) is 0 Å². The number of carbonyl (C=O) groups is 1. The fourth-order valence-electron chi connectivity index (χ4n) is 3.39. The molecule has 1 amide bonds. The number of carbonyl (C=O) groups excluding carboxylic acids is 1. The third kappa shape index (κ3) is 3.40. The number of methoxy groups -OCH3 is 1. The molecule has 1 aliphatic carbocycles. The van der Waals surface area contributed by atoms with E-state index < -0.39 is 0 Å². The Morgan fingerprint density at radius 2 is 1.96 bits per heavy atom. The lowest BCUT2D eigenvalue weighted by Crippen LogP contribution is -2.38. The Morgan fingerprint density at radius 3 is 2.62 bits per heavy atom. The maximum atomic E-state index is 11.3. The van der Waals surface area contributed by atoms with Crippen LogP contribution in [0.25, 0.3) is 0 Å². The van der Waals surface area contributed by atoms with Gasteiger partial charge in [0.05, 0.1) is 13.7 Å². The molecule has 2 aliphatic rings. The second kappa shape index (κ2) is 7.00. The van der Waals surface area contributed by atoms with Gasteiger partial charge in [0.25, 0.3) is 0 Å². The van der Waals surface area contributed by atoms with Gasteiger partial charge in [0, 0.05) is 12.0 Å². The van der Waals surface area contributed by atoms with Gasteiger partial charge >= 0.3 is 0 Å². The van der Waals surface area contributed by atoms with Crippen molar-refractivity contribution in [3.63, 3.8) is 0 Å². The minimum absolute atomic E-state index is 0.0789. The van der Waals surface area contributed by atoms with Gasteiger partial charge in [0.15, 0.2) is 11.5 Å². The lowest BCUT2D eigenvalue weighted by atomic mass is 9.97. The molecule has 0 spiro atoms. The molecule has 5 heteroatoms. The average Bonchev–Trinajstić information content (AvgIpc) is 3.49. The summed E-state index contributed by atoms with van der Waals surface area (Å²) < 4.78 is 17.3. The molecule has 26 heavy (non-hydrogen) atoms. The summed E-state index contributed by atoms with van der Waals surface area (Å²) in [4.78, 5) is 11.3. The van der Waals surface area contributed by atoms with E-state index >= 15 is 0 Å². The zero-order valence-electron chi connectivity index (χ0n) is 14.9. The molecule has 1 aliphatic heterocycles. The third-order valence-corrected chi connectivity index (χ3v) is 5.20. The van der Waals surface area contributed by atoms with Gasteiger partial charge in [-0.15, -0.1) is 0 Å². The molecule has 2 aromatic rings. The van der Waals surface area contributed by atoms with Crippen molar-refractivity contribution in [3.05, 3.63) is 59.7 Å². The summed E-state index contributed by atoms with van der Waals surface area (Å²) >= 11 is 0. The van der Waals surface area contributed by atoms with Crippen LogP contribution in [0.3, 0.4) is 0 Å². The average molecular weight is 353 g/mol. The van der Waals surface area contributed by atoms with Gasteiger partial charge in [-0.05, 0) is 36.1 Å². The molecule has 1 saturated carbocycles. The van der Waals surface area contributed by atoms with E-state index in [0.717, 1.165) is 18.4 Å². The van der Waals surface area contributed by atoms with E-state index in [-0.39, 0.29) is 24.0 Å². The van der Waals surface area contributed by atoms with Crippen LogP contribution in [0.1, 0.15) is 30.1 Å². The van der Waals surface area contributed by atoms with Crippen molar-refractivity contribution in [3.8, 4) is 11.5 Å². The molecule has 0 aromatic heterocycles. The minimum Gasteiger partial charge on any atom is -0.493 e. The van der Waals surface area contributed by atoms with Gasteiger partial charge < -0.3 is 19.5 Å². The highest BCUT2D eigenvalue weighted by Gasteiger charge is 2.45. The first kappa shape index (κ1) is 16.9. The third-order valence-electron chi connectivity index (χ3n) is 5.20. The summed E-state index contributed by atoms with van der Waals surface area (Å²) in [6.45, 7) is 1.18. The highest BCUT2D eigenvalue weighted by molar-refractivity contribution is 5.77. The first-order valence-corrected chi connectivity index (χ1v) is 8.95. The Bertz CT molecular complexity index is 776. The van der Waals surface area contributed by atoms with Crippen molar-refractivity contribution in [1.82, 2.24) is 5.32 Å². The molecule has 2 fully saturated rings. The zero-order valence-corrected chi connectivity index (χ0v) is 14.9. The fraction of sp³-hybridized carbons (Fsp3) is 0.381. The van der Waals surface area contributed by atoms with Gasteiger partial charge in [0.1, 0.15) is 12.7 Å². The van der Waals surface area contributed by atoms with E-state index in [4.69, 9.17) is 14.2 Å². The molecule has 1 N–H and O–H groups in total. The maximum absolute atomic E-state index is 11.3. The molecule has 136 valence electrons. The zero-order chi connectivity index (χ0) is 18.0. The lowest BCUT2D eigenvalue weighted by molar-refractivity contribution is -0.133. The molecule has 5 nitrogen and oxygen atoms in total. The van der Waals surface area contributed by atoms with Crippen LogP contribution in [0.5, 0.6) is 11.5 Å². The minimum atomic E-state index is -0.162. The number of hydrogen-bond acceptors (Lipinski definition) is 4. The fourth-order valence-corrected chi connectivity index (χ4v) is 3.39. The standard InChI is InChI=1S/C21H23NO4/c1-24-17-8-7-15(19-12-22-20(23)13-25-19)11-18(17)26-14-21(9-10-21)16-5-3-2-4-6-16/h2-8,11,19H,9-10,12-14H2,1H3,(H,22,23). The van der Waals surface area contributed by atoms with Crippen molar-refractivity contribution in [1.29, 1.82) is 0 Å². The van der Waals surface area contributed by atoms with Gasteiger partial charge in [-0.1, -0.05) is 36.4 Å². The number of hydrogen-bond donors (Lipinski definition) is 1. The van der Waals surface area contributed by atoms with Crippen LogP contribution in [0.4, 0.5) is 0 Å². The quantitative estimate of drug-likeness (QED) is 0.867. The Balaban J connectivity index is 1.50. The Morgan fingerprint density at radius 1 is 1.15 bits per heavy atom. The Labute approximate surface area is 153 Å². The number of nitrogens with one attached hydrogen (secondary N) is 1. The molecule has 1 saturated heterocycles. The smallest absolute Gasteiger partial charge is 0.246 e. The molecular weight excluding hydrogens is 330 g/mol. The largest absolute Gasteiger partial charge is 0.493 e. The predicted octanol–water partition coefficient (Wildman–Crippen LogP) is 2.99. The van der Waals surface area contributed by atoms with E-state index in [9.17, 15) is 4.79 Å². The summed E-state index contributed by atoms with van der Waals surface area (Å²) in [5, 5.41) is 2.83. The van der Waals surface area contributed by atoms with E-state index in [2.05, 4.69) is 29.6 Å². The highest BCUT2D eigenvalue weighted by atomic mass is 16.5. The lowest BCUT2D eigenvalue weighted by Gasteiger charge is -2.24. The van der Waals surface area contributed by atoms with Crippen LogP contribution in [0, 0.1) is 0 Å². The number of rotatable bonds is 6. The molecule has 0 radical (unpaired) electrons. The van der Waals surface area contributed by atoms with Crippen molar-refractivity contribution in [2.75, 3.05) is 26.9 Å². The second-order valence-corrected chi connectivity index (χ2v) is 6.95. The van der Waals surface area contributed by atoms with E-state index in [0.29, 0.717) is 24.7 Å².